The molecule has 2 aliphatic carbocycles. The number of halogens is 2. The van der Waals surface area contributed by atoms with E-state index in [1.807, 2.05) is 13.8 Å². The Kier molecular flexibility index (Phi) is 5.24. The second kappa shape index (κ2) is 7.41. The Bertz CT molecular complexity index is 1120. The maximum atomic E-state index is 13.3. The molecule has 3 fully saturated rings. The van der Waals surface area contributed by atoms with Gasteiger partial charge in [-0.1, -0.05) is 43.1 Å². The van der Waals surface area contributed by atoms with Crippen molar-refractivity contribution in [2.75, 3.05) is 6.61 Å². The van der Waals surface area contributed by atoms with Crippen molar-refractivity contribution >= 4 is 35.1 Å². The van der Waals surface area contributed by atoms with Crippen LogP contribution in [-0.2, 0) is 23.7 Å². The van der Waals surface area contributed by atoms with Crippen molar-refractivity contribution < 1.29 is 38.7 Å². The molecule has 184 valence electrons. The quantitative estimate of drug-likeness (QED) is 0.275. The number of benzene rings is 1. The molecule has 10 heteroatoms. The van der Waals surface area contributed by atoms with Crippen LogP contribution in [0.1, 0.15) is 44.5 Å². The summed E-state index contributed by atoms with van der Waals surface area (Å²) in [6.07, 6.45) is -2.15. The van der Waals surface area contributed by atoms with Crippen molar-refractivity contribution in [2.24, 2.45) is 10.8 Å². The largest absolute Gasteiger partial charge is 0.420 e. The summed E-state index contributed by atoms with van der Waals surface area (Å²) in [6, 6.07) is 4.34. The Labute approximate surface area is 206 Å². The molecule has 0 unspecified atom stereocenters. The second-order valence-electron chi connectivity index (χ2n) is 10.1. The van der Waals surface area contributed by atoms with Gasteiger partial charge in [-0.15, -0.1) is 0 Å². The molecule has 4 aliphatic rings. The minimum Gasteiger partial charge on any atom is -0.420 e. The highest BCUT2D eigenvalue weighted by Gasteiger charge is 2.87. The maximum Gasteiger partial charge on any atom is 0.343 e. The van der Waals surface area contributed by atoms with Crippen LogP contribution < -0.4 is 0 Å². The molecule has 0 amide bonds. The van der Waals surface area contributed by atoms with Gasteiger partial charge in [0.2, 0.25) is 0 Å². The molecular weight excluding hydrogens is 487 g/mol. The van der Waals surface area contributed by atoms with E-state index in [2.05, 4.69) is 0 Å². The van der Waals surface area contributed by atoms with Gasteiger partial charge in [0.1, 0.15) is 11.7 Å². The number of carbonyl (C=O) groups is 2. The van der Waals surface area contributed by atoms with E-state index in [0.717, 1.165) is 0 Å². The van der Waals surface area contributed by atoms with Gasteiger partial charge in [-0.05, 0) is 30.7 Å². The SMILES string of the molecule is CC(=O)O[C@]1(OC(=O)c2ccc(Cl)cc2Cl)C[C@]2(C)[C@@]3(C)[C@H](O)[C@H](O)C(C)=C[C@H]3O[C@H]1[C@@]21CO1. The van der Waals surface area contributed by atoms with Gasteiger partial charge in [-0.3, -0.25) is 4.79 Å². The van der Waals surface area contributed by atoms with Crippen LogP contribution in [-0.4, -0.2) is 64.6 Å². The number of hydrogen-bond acceptors (Lipinski definition) is 8. The van der Waals surface area contributed by atoms with E-state index >= 15 is 0 Å². The topological polar surface area (TPSA) is 115 Å². The summed E-state index contributed by atoms with van der Waals surface area (Å²) < 4.78 is 24.0. The number of hydrogen-bond donors (Lipinski definition) is 2. The maximum absolute atomic E-state index is 13.3. The van der Waals surface area contributed by atoms with Crippen LogP contribution in [0.3, 0.4) is 0 Å². The van der Waals surface area contributed by atoms with E-state index in [1.165, 1.54) is 25.1 Å². The molecule has 8 atom stereocenters. The van der Waals surface area contributed by atoms with E-state index in [9.17, 15) is 19.8 Å². The third kappa shape index (κ3) is 2.93. The molecule has 1 aromatic carbocycles. The van der Waals surface area contributed by atoms with Gasteiger partial charge in [-0.25, -0.2) is 4.79 Å². The molecule has 0 radical (unpaired) electrons. The van der Waals surface area contributed by atoms with E-state index in [1.54, 1.807) is 13.0 Å². The lowest BCUT2D eigenvalue weighted by molar-refractivity contribution is -0.276. The molecular formula is C24H26Cl2O8. The van der Waals surface area contributed by atoms with E-state index in [4.69, 9.17) is 42.1 Å². The average Bonchev–Trinajstić information content (AvgIpc) is 3.51. The van der Waals surface area contributed by atoms with E-state index in [-0.39, 0.29) is 23.6 Å². The minimum atomic E-state index is -1.84. The first-order valence-corrected chi connectivity index (χ1v) is 11.8. The van der Waals surface area contributed by atoms with Gasteiger partial charge in [-0.2, -0.15) is 0 Å². The Morgan fingerprint density at radius 1 is 1.18 bits per heavy atom. The van der Waals surface area contributed by atoms with E-state index in [0.29, 0.717) is 10.6 Å². The number of carbonyl (C=O) groups excluding carboxylic acids is 2. The first kappa shape index (κ1) is 24.0. The number of esters is 2. The monoisotopic (exact) mass is 512 g/mol. The van der Waals surface area contributed by atoms with Crippen molar-refractivity contribution in [3.05, 3.63) is 45.5 Å². The fourth-order valence-corrected chi connectivity index (χ4v) is 6.81. The Balaban J connectivity index is 1.62. The van der Waals surface area contributed by atoms with Crippen LogP contribution >= 0.6 is 23.2 Å². The Hall–Kier alpha value is -1.68. The predicted molar refractivity (Wildman–Crippen MR) is 120 cm³/mol. The summed E-state index contributed by atoms with van der Waals surface area (Å²) >= 11 is 12.2. The first-order chi connectivity index (χ1) is 15.8. The number of epoxide rings is 1. The lowest BCUT2D eigenvalue weighted by Crippen LogP contribution is -2.68. The van der Waals surface area contributed by atoms with Crippen LogP contribution in [0.15, 0.2) is 29.8 Å². The highest BCUT2D eigenvalue weighted by molar-refractivity contribution is 6.36. The van der Waals surface area contributed by atoms with Gasteiger partial charge in [0.05, 0.1) is 29.4 Å². The standard InChI is InChI=1S/C24H26Cl2O8/c1-11-7-16-22(4,18(29)17(11)28)21(3)9-24(33-12(2)27,20(32-16)23(21)10-31-23)34-19(30)14-6-5-13(25)8-15(14)26/h5-8,16-18,20,28-29H,9-10H2,1-4H3/t16-,17-,18-,20+,21-,22-,23+,24+/m1/s1. The number of rotatable bonds is 3. The van der Waals surface area contributed by atoms with Gasteiger partial charge in [0.25, 0.3) is 5.79 Å². The lowest BCUT2D eigenvalue weighted by Gasteiger charge is -2.58. The zero-order valence-electron chi connectivity index (χ0n) is 19.1. The normalized spacial score (nSPS) is 44.3. The summed E-state index contributed by atoms with van der Waals surface area (Å²) in [5.74, 6) is -3.34. The van der Waals surface area contributed by atoms with Crippen LogP contribution in [0.5, 0.6) is 0 Å². The predicted octanol–water partition coefficient (Wildman–Crippen LogP) is 3.04. The highest BCUT2D eigenvalue weighted by atomic mass is 35.5. The van der Waals surface area contributed by atoms with Crippen molar-refractivity contribution in [1.82, 2.24) is 0 Å². The molecule has 2 bridgehead atoms. The lowest BCUT2D eigenvalue weighted by atomic mass is 9.51. The second-order valence-corrected chi connectivity index (χ2v) is 11.0. The summed E-state index contributed by atoms with van der Waals surface area (Å²) in [6.45, 7) is 6.88. The third-order valence-electron chi connectivity index (χ3n) is 8.40. The highest BCUT2D eigenvalue weighted by Crippen LogP contribution is 2.74. The zero-order chi connectivity index (χ0) is 24.8. The summed E-state index contributed by atoms with van der Waals surface area (Å²) in [7, 11) is 0. The molecule has 2 saturated heterocycles. The van der Waals surface area contributed by atoms with Gasteiger partial charge in [0.15, 0.2) is 6.10 Å². The molecule has 5 rings (SSSR count). The van der Waals surface area contributed by atoms with E-state index < -0.39 is 58.6 Å². The number of aliphatic hydroxyl groups excluding tert-OH is 2. The summed E-state index contributed by atoms with van der Waals surface area (Å²) in [4.78, 5) is 25.5. The fourth-order valence-electron chi connectivity index (χ4n) is 6.32. The summed E-state index contributed by atoms with van der Waals surface area (Å²) in [5, 5.41) is 22.4. The molecule has 2 heterocycles. The molecule has 34 heavy (non-hydrogen) atoms. The van der Waals surface area contributed by atoms with Gasteiger partial charge >= 0.3 is 11.9 Å². The van der Waals surface area contributed by atoms with Crippen molar-refractivity contribution in [1.29, 1.82) is 0 Å². The number of ether oxygens (including phenoxy) is 4. The van der Waals surface area contributed by atoms with Crippen molar-refractivity contribution in [3.63, 3.8) is 0 Å². The number of fused-ring (bicyclic) bond motifs is 2. The third-order valence-corrected chi connectivity index (χ3v) is 8.95. The zero-order valence-corrected chi connectivity index (χ0v) is 20.6. The van der Waals surface area contributed by atoms with Crippen LogP contribution in [0.25, 0.3) is 0 Å². The van der Waals surface area contributed by atoms with Crippen LogP contribution in [0, 0.1) is 10.8 Å². The molecule has 8 nitrogen and oxygen atoms in total. The fraction of sp³-hybridized carbons (Fsp3) is 0.583. The average molecular weight is 513 g/mol. The molecule has 0 aromatic heterocycles. The molecule has 1 aromatic rings. The first-order valence-electron chi connectivity index (χ1n) is 11.0. The summed E-state index contributed by atoms with van der Waals surface area (Å²) in [5.41, 5.74) is -2.31. The minimum absolute atomic E-state index is 0.00906. The van der Waals surface area contributed by atoms with Gasteiger partial charge in [0, 0.05) is 29.2 Å². The van der Waals surface area contributed by atoms with Crippen LogP contribution in [0.2, 0.25) is 10.0 Å². The Morgan fingerprint density at radius 2 is 1.85 bits per heavy atom. The van der Waals surface area contributed by atoms with Crippen molar-refractivity contribution in [2.45, 2.75) is 69.9 Å². The van der Waals surface area contributed by atoms with Crippen LogP contribution in [0.4, 0.5) is 0 Å². The smallest absolute Gasteiger partial charge is 0.343 e. The van der Waals surface area contributed by atoms with Gasteiger partial charge < -0.3 is 29.2 Å². The molecule has 2 aliphatic heterocycles. The molecule has 1 spiro atoms. The number of aliphatic hydroxyl groups is 2. The molecule has 2 N–H and O–H groups in total. The Morgan fingerprint density at radius 3 is 2.44 bits per heavy atom. The van der Waals surface area contributed by atoms with Crippen molar-refractivity contribution in [3.8, 4) is 0 Å². The molecule has 1 saturated carbocycles.